The van der Waals surface area contributed by atoms with Crippen LogP contribution in [-0.2, 0) is 4.74 Å². The molecule has 2 aromatic rings. The molecule has 31 heavy (non-hydrogen) atoms. The molecule has 0 bridgehead atoms. The van der Waals surface area contributed by atoms with Crippen LogP contribution in [0.15, 0.2) is 42.5 Å². The smallest absolute Gasteiger partial charge is 0.255 e. The molecule has 1 N–H and O–H groups in total. The lowest BCUT2D eigenvalue weighted by molar-refractivity contribution is -0.0390. The number of aryl methyl sites for hydroxylation is 2. The summed E-state index contributed by atoms with van der Waals surface area (Å²) in [5.41, 5.74) is 4.07. The van der Waals surface area contributed by atoms with Gasteiger partial charge in [0.2, 0.25) is 6.35 Å². The molecule has 4 rings (SSSR count). The Kier molecular flexibility index (Phi) is 7.28. The van der Waals surface area contributed by atoms with E-state index in [-0.39, 0.29) is 12.1 Å². The second-order valence-corrected chi connectivity index (χ2v) is 9.01. The highest BCUT2D eigenvalue weighted by Crippen LogP contribution is 2.36. The number of hydrazine groups is 1. The van der Waals surface area contributed by atoms with Crippen LogP contribution in [0.4, 0.5) is 0 Å². The fraction of sp³-hybridized carbons (Fsp3) is 0.480. The number of nitrogens with zero attached hydrogens (tertiary/aromatic N) is 2. The van der Waals surface area contributed by atoms with Crippen LogP contribution in [0, 0.1) is 13.8 Å². The van der Waals surface area contributed by atoms with Crippen molar-refractivity contribution in [2.24, 2.45) is 0 Å². The molecule has 2 aliphatic rings. The number of nitrogens with one attached hydrogen (secondary N) is 1. The molecule has 0 spiro atoms. The molecule has 6 heteroatoms. The van der Waals surface area contributed by atoms with E-state index in [1.54, 1.807) is 12.1 Å². The maximum atomic E-state index is 13.0. The molecular weight excluding hydrogens is 410 g/mol. The van der Waals surface area contributed by atoms with Crippen molar-refractivity contribution in [2.75, 3.05) is 13.1 Å². The van der Waals surface area contributed by atoms with Crippen LogP contribution in [0.2, 0.25) is 5.02 Å². The van der Waals surface area contributed by atoms with Gasteiger partial charge in [-0.2, -0.15) is 5.01 Å². The van der Waals surface area contributed by atoms with E-state index in [1.165, 1.54) is 36.8 Å². The molecule has 2 aromatic carbocycles. The third-order valence-electron chi connectivity index (χ3n) is 6.22. The van der Waals surface area contributed by atoms with E-state index in [4.69, 9.17) is 16.3 Å². The number of hydrogen-bond donors (Lipinski definition) is 1. The summed E-state index contributed by atoms with van der Waals surface area (Å²) < 4.78 is 6.52. The summed E-state index contributed by atoms with van der Waals surface area (Å²) in [4.78, 5) is 13.0. The fourth-order valence-corrected chi connectivity index (χ4v) is 4.78. The number of fused-ring (bicyclic) bond motifs is 1. The van der Waals surface area contributed by atoms with E-state index < -0.39 is 6.35 Å². The SMILES string of the molecule is Cc1ccc(C2OC(NC(=O)c3ccccc3Cl)N3CCCCCCCCN23)c(C)c1. The lowest BCUT2D eigenvalue weighted by Gasteiger charge is -2.33. The summed E-state index contributed by atoms with van der Waals surface area (Å²) in [7, 11) is 0. The highest BCUT2D eigenvalue weighted by Gasteiger charge is 2.42. The molecule has 0 saturated carbocycles. The maximum absolute atomic E-state index is 13.0. The first-order chi connectivity index (χ1) is 15.0. The minimum atomic E-state index is -0.520. The predicted octanol–water partition coefficient (Wildman–Crippen LogP) is 5.57. The molecule has 5 nitrogen and oxygen atoms in total. The van der Waals surface area contributed by atoms with Gasteiger partial charge in [0.25, 0.3) is 5.91 Å². The Balaban J connectivity index is 1.62. The van der Waals surface area contributed by atoms with Gasteiger partial charge in [0, 0.05) is 13.1 Å². The summed E-state index contributed by atoms with van der Waals surface area (Å²) in [5.74, 6) is -0.214. The average molecular weight is 442 g/mol. The van der Waals surface area contributed by atoms with Gasteiger partial charge in [0.05, 0.1) is 10.6 Å². The first-order valence-corrected chi connectivity index (χ1v) is 11.7. The molecule has 2 fully saturated rings. The number of carbonyl (C=O) groups excluding carboxylic acids is 1. The molecule has 2 heterocycles. The number of rotatable bonds is 3. The number of amides is 1. The summed E-state index contributed by atoms with van der Waals surface area (Å²) in [5, 5.41) is 8.07. The van der Waals surface area contributed by atoms with Crippen LogP contribution < -0.4 is 5.32 Å². The first-order valence-electron chi connectivity index (χ1n) is 11.4. The Labute approximate surface area is 190 Å². The number of halogens is 1. The van der Waals surface area contributed by atoms with Crippen molar-refractivity contribution < 1.29 is 9.53 Å². The van der Waals surface area contributed by atoms with Crippen molar-refractivity contribution >= 4 is 17.5 Å². The van der Waals surface area contributed by atoms with E-state index in [2.05, 4.69) is 47.4 Å². The van der Waals surface area contributed by atoms with Gasteiger partial charge in [0.15, 0.2) is 6.23 Å². The molecule has 0 radical (unpaired) electrons. The molecule has 2 atom stereocenters. The standard InChI is InChI=1S/C25H32ClN3O2/c1-18-13-14-20(19(2)17-18)24-28-15-9-5-3-4-6-10-16-29(28)25(31-24)27-23(30)21-11-7-8-12-22(21)26/h7-8,11-14,17,24-25H,3-6,9-10,15-16H2,1-2H3,(H,27,30). The van der Waals surface area contributed by atoms with Gasteiger partial charge in [-0.25, -0.2) is 5.01 Å². The van der Waals surface area contributed by atoms with Gasteiger partial charge < -0.3 is 10.1 Å². The van der Waals surface area contributed by atoms with Crippen molar-refractivity contribution in [3.63, 3.8) is 0 Å². The van der Waals surface area contributed by atoms with Crippen molar-refractivity contribution in [3.8, 4) is 0 Å². The Morgan fingerprint density at radius 2 is 1.65 bits per heavy atom. The zero-order valence-electron chi connectivity index (χ0n) is 18.4. The van der Waals surface area contributed by atoms with E-state index in [0.29, 0.717) is 10.6 Å². The molecule has 0 aliphatic carbocycles. The quantitative estimate of drug-likeness (QED) is 0.676. The van der Waals surface area contributed by atoms with Crippen molar-refractivity contribution in [2.45, 2.75) is 65.0 Å². The van der Waals surface area contributed by atoms with Crippen LogP contribution in [0.25, 0.3) is 0 Å². The highest BCUT2D eigenvalue weighted by atomic mass is 35.5. The Morgan fingerprint density at radius 3 is 2.35 bits per heavy atom. The molecule has 2 saturated heterocycles. The van der Waals surface area contributed by atoms with Crippen LogP contribution in [-0.4, -0.2) is 35.4 Å². The van der Waals surface area contributed by atoms with Gasteiger partial charge >= 0.3 is 0 Å². The second-order valence-electron chi connectivity index (χ2n) is 8.60. The molecule has 166 valence electrons. The largest absolute Gasteiger partial charge is 0.320 e. The zero-order chi connectivity index (χ0) is 21.8. The monoisotopic (exact) mass is 441 g/mol. The summed E-state index contributed by atoms with van der Waals surface area (Å²) in [6.45, 7) is 6.01. The molecule has 2 unspecified atom stereocenters. The lowest BCUT2D eigenvalue weighted by Crippen LogP contribution is -2.50. The highest BCUT2D eigenvalue weighted by molar-refractivity contribution is 6.33. The Morgan fingerprint density at radius 1 is 0.968 bits per heavy atom. The van der Waals surface area contributed by atoms with Crippen molar-refractivity contribution in [1.82, 2.24) is 15.3 Å². The van der Waals surface area contributed by atoms with Crippen LogP contribution in [0.3, 0.4) is 0 Å². The topological polar surface area (TPSA) is 44.8 Å². The van der Waals surface area contributed by atoms with Crippen LogP contribution in [0.1, 0.15) is 71.8 Å². The second kappa shape index (κ2) is 10.1. The minimum absolute atomic E-state index is 0.212. The van der Waals surface area contributed by atoms with Gasteiger partial charge in [-0.1, -0.05) is 73.2 Å². The average Bonchev–Trinajstić information content (AvgIpc) is 3.08. The van der Waals surface area contributed by atoms with Crippen molar-refractivity contribution in [1.29, 1.82) is 0 Å². The minimum Gasteiger partial charge on any atom is -0.320 e. The van der Waals surface area contributed by atoms with Gasteiger partial charge in [-0.15, -0.1) is 0 Å². The number of ether oxygens (including phenoxy) is 1. The summed E-state index contributed by atoms with van der Waals surface area (Å²) in [6.07, 6.45) is 6.45. The summed E-state index contributed by atoms with van der Waals surface area (Å²) in [6, 6.07) is 13.6. The van der Waals surface area contributed by atoms with Crippen LogP contribution >= 0.6 is 11.6 Å². The molecular formula is C25H32ClN3O2. The maximum Gasteiger partial charge on any atom is 0.255 e. The number of benzene rings is 2. The zero-order valence-corrected chi connectivity index (χ0v) is 19.2. The third kappa shape index (κ3) is 5.12. The summed E-state index contributed by atoms with van der Waals surface area (Å²) >= 11 is 6.26. The van der Waals surface area contributed by atoms with E-state index >= 15 is 0 Å². The number of hydrogen-bond acceptors (Lipinski definition) is 4. The Bertz CT molecular complexity index is 919. The van der Waals surface area contributed by atoms with Crippen LogP contribution in [0.5, 0.6) is 0 Å². The van der Waals surface area contributed by atoms with Gasteiger partial charge in [-0.05, 0) is 49.9 Å². The van der Waals surface area contributed by atoms with E-state index in [9.17, 15) is 4.79 Å². The normalized spacial score (nSPS) is 23.3. The molecule has 1 amide bonds. The van der Waals surface area contributed by atoms with E-state index in [1.807, 2.05) is 12.1 Å². The predicted molar refractivity (Wildman–Crippen MR) is 124 cm³/mol. The van der Waals surface area contributed by atoms with Gasteiger partial charge in [-0.3, -0.25) is 4.79 Å². The third-order valence-corrected chi connectivity index (χ3v) is 6.55. The Hall–Kier alpha value is -1.92. The van der Waals surface area contributed by atoms with E-state index in [0.717, 1.165) is 31.5 Å². The lowest BCUT2D eigenvalue weighted by atomic mass is 10.0. The molecule has 2 aliphatic heterocycles. The molecule has 0 aromatic heterocycles. The van der Waals surface area contributed by atoms with Crippen molar-refractivity contribution in [3.05, 3.63) is 69.7 Å². The first kappa shape index (κ1) is 22.3. The fourth-order valence-electron chi connectivity index (χ4n) is 4.56. The number of carbonyl (C=O) groups is 1. The van der Waals surface area contributed by atoms with Gasteiger partial charge in [0.1, 0.15) is 0 Å².